The summed E-state index contributed by atoms with van der Waals surface area (Å²) in [5, 5.41) is 0. The number of rotatable bonds is 2. The zero-order valence-corrected chi connectivity index (χ0v) is 13.9. The molecule has 2 heterocycles. The van der Waals surface area contributed by atoms with Gasteiger partial charge in [0, 0.05) is 31.0 Å². The molecule has 0 N–H and O–H groups in total. The Bertz CT molecular complexity index is 501. The van der Waals surface area contributed by atoms with Crippen LogP contribution < -0.4 is 0 Å². The van der Waals surface area contributed by atoms with Crippen LogP contribution >= 0.6 is 0 Å². The standard InChI is InChI=1S/C19H28N2O/c1-3-18(22)21-14-16(15-10-6-4-7-11-15)19-17(21)12-8-5-9-13-20(19)2/h4,6-7,10-11,16-17,19H,3,5,8-9,12-14H2,1-2H3/t16-,17+,19-/m0/s1. The van der Waals surface area contributed by atoms with Gasteiger partial charge in [0.25, 0.3) is 0 Å². The van der Waals surface area contributed by atoms with Gasteiger partial charge in [0.1, 0.15) is 0 Å². The first-order valence-electron chi connectivity index (χ1n) is 8.77. The van der Waals surface area contributed by atoms with E-state index in [0.29, 0.717) is 30.3 Å². The molecule has 0 radical (unpaired) electrons. The van der Waals surface area contributed by atoms with Crippen molar-refractivity contribution in [1.29, 1.82) is 0 Å². The summed E-state index contributed by atoms with van der Waals surface area (Å²) in [6, 6.07) is 11.6. The highest BCUT2D eigenvalue weighted by Gasteiger charge is 2.45. The SMILES string of the molecule is CCC(=O)N1C[C@@H](c2ccccc2)[C@H]2[C@H]1CCCCCN2C. The van der Waals surface area contributed by atoms with Crippen molar-refractivity contribution in [2.24, 2.45) is 0 Å². The van der Waals surface area contributed by atoms with E-state index in [9.17, 15) is 4.79 Å². The average molecular weight is 300 g/mol. The molecule has 0 bridgehead atoms. The van der Waals surface area contributed by atoms with Gasteiger partial charge in [0.2, 0.25) is 5.91 Å². The Balaban J connectivity index is 1.94. The van der Waals surface area contributed by atoms with Crippen LogP contribution in [0.2, 0.25) is 0 Å². The van der Waals surface area contributed by atoms with Gasteiger partial charge in [-0.25, -0.2) is 0 Å². The van der Waals surface area contributed by atoms with Crippen molar-refractivity contribution >= 4 is 5.91 Å². The van der Waals surface area contributed by atoms with Crippen molar-refractivity contribution in [3.8, 4) is 0 Å². The highest BCUT2D eigenvalue weighted by molar-refractivity contribution is 5.77. The zero-order valence-electron chi connectivity index (χ0n) is 13.9. The van der Waals surface area contributed by atoms with Crippen LogP contribution in [0.3, 0.4) is 0 Å². The number of nitrogens with zero attached hydrogens (tertiary/aromatic N) is 2. The minimum atomic E-state index is 0.322. The lowest BCUT2D eigenvalue weighted by molar-refractivity contribution is -0.132. The van der Waals surface area contributed by atoms with E-state index in [4.69, 9.17) is 0 Å². The number of likely N-dealkylation sites (tertiary alicyclic amines) is 2. The summed E-state index contributed by atoms with van der Waals surface area (Å²) in [6.07, 6.45) is 5.60. The monoisotopic (exact) mass is 300 g/mol. The van der Waals surface area contributed by atoms with Crippen LogP contribution in [0.15, 0.2) is 30.3 Å². The van der Waals surface area contributed by atoms with Crippen LogP contribution in [0.4, 0.5) is 0 Å². The molecular formula is C19H28N2O. The van der Waals surface area contributed by atoms with E-state index < -0.39 is 0 Å². The summed E-state index contributed by atoms with van der Waals surface area (Å²) in [7, 11) is 2.25. The highest BCUT2D eigenvalue weighted by atomic mass is 16.2. The average Bonchev–Trinajstić information content (AvgIpc) is 2.91. The van der Waals surface area contributed by atoms with Gasteiger partial charge in [-0.3, -0.25) is 4.79 Å². The molecule has 0 saturated carbocycles. The molecule has 3 atom stereocenters. The second-order valence-corrected chi connectivity index (χ2v) is 6.80. The lowest BCUT2D eigenvalue weighted by atomic mass is 9.87. The molecule has 2 saturated heterocycles. The molecule has 2 fully saturated rings. The quantitative estimate of drug-likeness (QED) is 0.837. The molecule has 0 spiro atoms. The highest BCUT2D eigenvalue weighted by Crippen LogP contribution is 2.38. The summed E-state index contributed by atoms with van der Waals surface area (Å²) in [5.74, 6) is 0.771. The van der Waals surface area contributed by atoms with Crippen molar-refractivity contribution in [1.82, 2.24) is 9.80 Å². The summed E-state index contributed by atoms with van der Waals surface area (Å²) in [5.41, 5.74) is 1.39. The van der Waals surface area contributed by atoms with E-state index >= 15 is 0 Å². The fraction of sp³-hybridized carbons (Fsp3) is 0.632. The molecule has 2 aliphatic heterocycles. The van der Waals surface area contributed by atoms with Crippen molar-refractivity contribution in [3.63, 3.8) is 0 Å². The number of likely N-dealkylation sites (N-methyl/N-ethyl adjacent to an activating group) is 1. The summed E-state index contributed by atoms with van der Waals surface area (Å²) in [4.78, 5) is 17.2. The van der Waals surface area contributed by atoms with Gasteiger partial charge in [-0.05, 0) is 32.0 Å². The first kappa shape index (κ1) is 15.5. The molecular weight excluding hydrogens is 272 g/mol. The van der Waals surface area contributed by atoms with Gasteiger partial charge >= 0.3 is 0 Å². The van der Waals surface area contributed by atoms with Crippen molar-refractivity contribution in [2.75, 3.05) is 20.1 Å². The first-order chi connectivity index (χ1) is 10.7. The smallest absolute Gasteiger partial charge is 0.222 e. The van der Waals surface area contributed by atoms with E-state index in [1.165, 1.54) is 24.8 Å². The Kier molecular flexibility index (Phi) is 4.82. The predicted molar refractivity (Wildman–Crippen MR) is 89.9 cm³/mol. The van der Waals surface area contributed by atoms with E-state index in [0.717, 1.165) is 19.5 Å². The topological polar surface area (TPSA) is 23.6 Å². The molecule has 0 aliphatic carbocycles. The molecule has 2 aliphatic rings. The fourth-order valence-corrected chi connectivity index (χ4v) is 4.37. The minimum Gasteiger partial charge on any atom is -0.337 e. The number of fused-ring (bicyclic) bond motifs is 1. The molecule has 0 unspecified atom stereocenters. The van der Waals surface area contributed by atoms with Gasteiger partial charge < -0.3 is 9.80 Å². The molecule has 3 nitrogen and oxygen atoms in total. The maximum Gasteiger partial charge on any atom is 0.222 e. The molecule has 3 heteroatoms. The van der Waals surface area contributed by atoms with Gasteiger partial charge in [-0.15, -0.1) is 0 Å². The maximum atomic E-state index is 12.5. The van der Waals surface area contributed by atoms with Crippen LogP contribution in [-0.4, -0.2) is 47.9 Å². The van der Waals surface area contributed by atoms with Gasteiger partial charge in [0.05, 0.1) is 0 Å². The summed E-state index contributed by atoms with van der Waals surface area (Å²) in [6.45, 7) is 4.02. The molecule has 120 valence electrons. The molecule has 3 rings (SSSR count). The van der Waals surface area contributed by atoms with E-state index in [2.05, 4.69) is 47.2 Å². The van der Waals surface area contributed by atoms with Crippen LogP contribution in [0.25, 0.3) is 0 Å². The molecule has 1 amide bonds. The zero-order chi connectivity index (χ0) is 15.5. The van der Waals surface area contributed by atoms with E-state index in [-0.39, 0.29) is 0 Å². The number of benzene rings is 1. The Morgan fingerprint density at radius 2 is 1.95 bits per heavy atom. The van der Waals surface area contributed by atoms with Crippen molar-refractivity contribution < 1.29 is 4.79 Å². The van der Waals surface area contributed by atoms with E-state index in [1.807, 2.05) is 6.92 Å². The lowest BCUT2D eigenvalue weighted by Crippen LogP contribution is -2.47. The molecule has 22 heavy (non-hydrogen) atoms. The number of amides is 1. The first-order valence-corrected chi connectivity index (χ1v) is 8.77. The number of carbonyl (C=O) groups excluding carboxylic acids is 1. The number of carbonyl (C=O) groups is 1. The second-order valence-electron chi connectivity index (χ2n) is 6.80. The van der Waals surface area contributed by atoms with Gasteiger partial charge in [-0.1, -0.05) is 50.1 Å². The van der Waals surface area contributed by atoms with Crippen LogP contribution in [0.5, 0.6) is 0 Å². The van der Waals surface area contributed by atoms with Crippen molar-refractivity contribution in [3.05, 3.63) is 35.9 Å². The molecule has 1 aromatic rings. The van der Waals surface area contributed by atoms with Crippen LogP contribution in [-0.2, 0) is 4.79 Å². The lowest BCUT2D eigenvalue weighted by Gasteiger charge is -2.36. The maximum absolute atomic E-state index is 12.5. The number of hydrogen-bond acceptors (Lipinski definition) is 2. The largest absolute Gasteiger partial charge is 0.337 e. The normalized spacial score (nSPS) is 29.7. The Morgan fingerprint density at radius 3 is 2.68 bits per heavy atom. The van der Waals surface area contributed by atoms with Crippen molar-refractivity contribution in [2.45, 2.75) is 57.0 Å². The van der Waals surface area contributed by atoms with Gasteiger partial charge in [0.15, 0.2) is 0 Å². The summed E-state index contributed by atoms with van der Waals surface area (Å²) >= 11 is 0. The third-order valence-electron chi connectivity index (χ3n) is 5.47. The second kappa shape index (κ2) is 6.82. The minimum absolute atomic E-state index is 0.322. The Hall–Kier alpha value is -1.35. The summed E-state index contributed by atoms with van der Waals surface area (Å²) < 4.78 is 0. The third kappa shape index (κ3) is 2.91. The molecule has 0 aromatic heterocycles. The number of hydrogen-bond donors (Lipinski definition) is 0. The van der Waals surface area contributed by atoms with Crippen LogP contribution in [0, 0.1) is 0 Å². The Morgan fingerprint density at radius 1 is 1.18 bits per heavy atom. The molecule has 1 aromatic carbocycles. The van der Waals surface area contributed by atoms with Crippen LogP contribution in [0.1, 0.15) is 50.5 Å². The van der Waals surface area contributed by atoms with E-state index in [1.54, 1.807) is 0 Å². The fourth-order valence-electron chi connectivity index (χ4n) is 4.37. The third-order valence-corrected chi connectivity index (χ3v) is 5.47. The predicted octanol–water partition coefficient (Wildman–Crippen LogP) is 3.27. The van der Waals surface area contributed by atoms with Gasteiger partial charge in [-0.2, -0.15) is 0 Å². The Labute approximate surface area is 134 Å².